The molecule has 0 amide bonds. The number of benzene rings is 1. The molecule has 1 fully saturated rings. The highest BCUT2D eigenvalue weighted by atomic mass is 32.2. The van der Waals surface area contributed by atoms with Gasteiger partial charge in [0.15, 0.2) is 0 Å². The second-order valence-corrected chi connectivity index (χ2v) is 7.66. The zero-order valence-corrected chi connectivity index (χ0v) is 13.9. The van der Waals surface area contributed by atoms with E-state index in [1.165, 1.54) is 6.42 Å². The topological polar surface area (TPSA) is 63.4 Å². The molecule has 0 heterocycles. The summed E-state index contributed by atoms with van der Waals surface area (Å²) in [4.78, 5) is 0.346. The molecule has 1 aromatic rings. The van der Waals surface area contributed by atoms with Gasteiger partial charge in [0.2, 0.25) is 10.0 Å². The number of sulfonamides is 1. The molecule has 1 aromatic carbocycles. The lowest BCUT2D eigenvalue weighted by Crippen LogP contribution is -2.41. The lowest BCUT2D eigenvalue weighted by Gasteiger charge is -2.33. The molecule has 0 aliphatic heterocycles. The summed E-state index contributed by atoms with van der Waals surface area (Å²) in [6, 6.07) is 6.82. The van der Waals surface area contributed by atoms with Crippen molar-refractivity contribution in [3.05, 3.63) is 29.8 Å². The van der Waals surface area contributed by atoms with Crippen LogP contribution in [0.3, 0.4) is 0 Å². The van der Waals surface area contributed by atoms with E-state index in [4.69, 9.17) is 18.0 Å². The zero-order chi connectivity index (χ0) is 15.5. The maximum Gasteiger partial charge on any atom is 0.244 e. The lowest BCUT2D eigenvalue weighted by atomic mass is 9.95. The number of rotatable bonds is 5. The van der Waals surface area contributed by atoms with Crippen molar-refractivity contribution in [2.24, 2.45) is 5.73 Å². The Labute approximate surface area is 132 Å². The van der Waals surface area contributed by atoms with Crippen molar-refractivity contribution in [1.82, 2.24) is 4.31 Å². The molecule has 0 atom stereocenters. The van der Waals surface area contributed by atoms with Crippen LogP contribution in [0.1, 0.15) is 44.6 Å². The quantitative estimate of drug-likeness (QED) is 0.845. The zero-order valence-electron chi connectivity index (χ0n) is 12.3. The highest BCUT2D eigenvalue weighted by Gasteiger charge is 2.32. The van der Waals surface area contributed by atoms with Crippen molar-refractivity contribution in [1.29, 1.82) is 0 Å². The molecule has 0 unspecified atom stereocenters. The van der Waals surface area contributed by atoms with Crippen molar-refractivity contribution in [3.63, 3.8) is 0 Å². The van der Waals surface area contributed by atoms with Crippen molar-refractivity contribution in [2.45, 2.75) is 50.0 Å². The Balaban J connectivity index is 2.42. The molecule has 0 saturated heterocycles. The SMILES string of the molecule is CCN(C1CCCCC1)S(=O)(=O)c1ccccc1C(N)=S. The lowest BCUT2D eigenvalue weighted by molar-refractivity contribution is 0.261. The van der Waals surface area contributed by atoms with E-state index in [2.05, 4.69) is 0 Å². The van der Waals surface area contributed by atoms with Gasteiger partial charge < -0.3 is 5.73 Å². The third-order valence-corrected chi connectivity index (χ3v) is 6.34. The van der Waals surface area contributed by atoms with Gasteiger partial charge in [-0.3, -0.25) is 0 Å². The van der Waals surface area contributed by atoms with Gasteiger partial charge in [-0.15, -0.1) is 0 Å². The first-order chi connectivity index (χ1) is 9.98. The van der Waals surface area contributed by atoms with Gasteiger partial charge in [0.05, 0.1) is 4.90 Å². The summed E-state index contributed by atoms with van der Waals surface area (Å²) in [6.45, 7) is 2.36. The molecule has 116 valence electrons. The van der Waals surface area contributed by atoms with Crippen LogP contribution in [0.2, 0.25) is 0 Å². The summed E-state index contributed by atoms with van der Waals surface area (Å²) in [7, 11) is -3.56. The Morgan fingerprint density at radius 2 is 1.90 bits per heavy atom. The molecule has 0 bridgehead atoms. The summed E-state index contributed by atoms with van der Waals surface area (Å²) in [5.41, 5.74) is 6.11. The standard InChI is InChI=1S/C15H22N2O2S2/c1-2-17(12-8-4-3-5-9-12)21(18,19)14-11-7-6-10-13(14)15(16)20/h6-7,10-12H,2-5,8-9H2,1H3,(H2,16,20). The van der Waals surface area contributed by atoms with E-state index in [1.807, 2.05) is 6.92 Å². The van der Waals surface area contributed by atoms with E-state index in [0.29, 0.717) is 12.1 Å². The summed E-state index contributed by atoms with van der Waals surface area (Å²) in [5, 5.41) is 0. The molecule has 0 spiro atoms. The summed E-state index contributed by atoms with van der Waals surface area (Å²) in [6.07, 6.45) is 5.24. The number of nitrogens with zero attached hydrogens (tertiary/aromatic N) is 1. The normalized spacial score (nSPS) is 17.0. The van der Waals surface area contributed by atoms with Gasteiger partial charge in [-0.2, -0.15) is 4.31 Å². The minimum absolute atomic E-state index is 0.0909. The van der Waals surface area contributed by atoms with Crippen LogP contribution in [0.5, 0.6) is 0 Å². The second kappa shape index (κ2) is 6.85. The first-order valence-corrected chi connectivity index (χ1v) is 9.24. The van der Waals surface area contributed by atoms with Crippen molar-refractivity contribution in [2.75, 3.05) is 6.54 Å². The third-order valence-electron chi connectivity index (χ3n) is 4.03. The number of hydrogen-bond donors (Lipinski definition) is 1. The molecule has 4 nitrogen and oxygen atoms in total. The average Bonchev–Trinajstić information content (AvgIpc) is 2.49. The highest BCUT2D eigenvalue weighted by Crippen LogP contribution is 2.28. The molecule has 0 aromatic heterocycles. The van der Waals surface area contributed by atoms with Crippen LogP contribution in [-0.2, 0) is 10.0 Å². The molecule has 21 heavy (non-hydrogen) atoms. The molecule has 2 rings (SSSR count). The van der Waals surface area contributed by atoms with Crippen LogP contribution in [0.4, 0.5) is 0 Å². The Morgan fingerprint density at radius 3 is 2.48 bits per heavy atom. The van der Waals surface area contributed by atoms with Crippen molar-refractivity contribution >= 4 is 27.2 Å². The highest BCUT2D eigenvalue weighted by molar-refractivity contribution is 7.89. The average molecular weight is 326 g/mol. The van der Waals surface area contributed by atoms with Crippen LogP contribution >= 0.6 is 12.2 Å². The molecule has 1 aliphatic rings. The fraction of sp³-hybridized carbons (Fsp3) is 0.533. The molecule has 1 aliphatic carbocycles. The predicted molar refractivity (Wildman–Crippen MR) is 88.8 cm³/mol. The second-order valence-electron chi connectivity index (χ2n) is 5.36. The molecular formula is C15H22N2O2S2. The van der Waals surface area contributed by atoms with Crippen molar-refractivity contribution in [3.8, 4) is 0 Å². The maximum absolute atomic E-state index is 13.0. The summed E-state index contributed by atoms with van der Waals surface area (Å²) < 4.78 is 27.6. The van der Waals surface area contributed by atoms with E-state index >= 15 is 0 Å². The molecule has 1 saturated carbocycles. The van der Waals surface area contributed by atoms with Crippen LogP contribution in [0, 0.1) is 0 Å². The molecule has 6 heteroatoms. The van der Waals surface area contributed by atoms with Gasteiger partial charge >= 0.3 is 0 Å². The number of thiocarbonyl (C=S) groups is 1. The van der Waals surface area contributed by atoms with Gasteiger partial charge in [0.1, 0.15) is 4.99 Å². The van der Waals surface area contributed by atoms with Crippen LogP contribution in [0.15, 0.2) is 29.2 Å². The van der Waals surface area contributed by atoms with Gasteiger partial charge in [-0.25, -0.2) is 8.42 Å². The van der Waals surface area contributed by atoms with E-state index in [-0.39, 0.29) is 15.9 Å². The third kappa shape index (κ3) is 3.44. The minimum Gasteiger partial charge on any atom is -0.389 e. The summed E-state index contributed by atoms with van der Waals surface area (Å²) in [5.74, 6) is 0. The summed E-state index contributed by atoms with van der Waals surface area (Å²) >= 11 is 4.99. The van der Waals surface area contributed by atoms with Gasteiger partial charge in [0.25, 0.3) is 0 Å². The van der Waals surface area contributed by atoms with E-state index in [0.717, 1.165) is 25.7 Å². The monoisotopic (exact) mass is 326 g/mol. The fourth-order valence-corrected chi connectivity index (χ4v) is 5.16. The van der Waals surface area contributed by atoms with E-state index in [1.54, 1.807) is 28.6 Å². The Hall–Kier alpha value is -0.980. The Morgan fingerprint density at radius 1 is 1.29 bits per heavy atom. The molecular weight excluding hydrogens is 304 g/mol. The Bertz CT molecular complexity index is 608. The van der Waals surface area contributed by atoms with Crippen LogP contribution in [-0.4, -0.2) is 30.3 Å². The van der Waals surface area contributed by atoms with E-state index < -0.39 is 10.0 Å². The predicted octanol–water partition coefficient (Wildman–Crippen LogP) is 2.66. The fourth-order valence-electron chi connectivity index (χ4n) is 3.01. The first-order valence-electron chi connectivity index (χ1n) is 7.39. The van der Waals surface area contributed by atoms with Crippen molar-refractivity contribution < 1.29 is 8.42 Å². The van der Waals surface area contributed by atoms with Crippen LogP contribution in [0.25, 0.3) is 0 Å². The van der Waals surface area contributed by atoms with E-state index in [9.17, 15) is 8.42 Å². The molecule has 0 radical (unpaired) electrons. The van der Waals surface area contributed by atoms with Gasteiger partial charge in [0, 0.05) is 18.2 Å². The number of nitrogens with two attached hydrogens (primary N) is 1. The smallest absolute Gasteiger partial charge is 0.244 e. The van der Waals surface area contributed by atoms with Gasteiger partial charge in [-0.05, 0) is 18.9 Å². The van der Waals surface area contributed by atoms with Gasteiger partial charge in [-0.1, -0.05) is 56.6 Å². The maximum atomic E-state index is 13.0. The van der Waals surface area contributed by atoms with Crippen LogP contribution < -0.4 is 5.73 Å². The largest absolute Gasteiger partial charge is 0.389 e. The molecule has 2 N–H and O–H groups in total. The minimum atomic E-state index is -3.56. The Kier molecular flexibility index (Phi) is 5.35. The first kappa shape index (κ1) is 16.4. The number of hydrogen-bond acceptors (Lipinski definition) is 3.